The zero-order valence-corrected chi connectivity index (χ0v) is 13.3. The van der Waals surface area contributed by atoms with Gasteiger partial charge in [0.25, 0.3) is 5.91 Å². The van der Waals surface area contributed by atoms with Crippen LogP contribution in [0.1, 0.15) is 41.2 Å². The van der Waals surface area contributed by atoms with E-state index in [0.29, 0.717) is 28.6 Å². The second kappa shape index (κ2) is 6.09. The second-order valence-corrected chi connectivity index (χ2v) is 6.16. The quantitative estimate of drug-likeness (QED) is 0.774. The number of para-hydroxylation sites is 1. The van der Waals surface area contributed by atoms with Gasteiger partial charge in [0.2, 0.25) is 5.89 Å². The molecule has 5 heteroatoms. The molecule has 122 valence electrons. The highest BCUT2D eigenvalue weighted by Crippen LogP contribution is 2.29. The molecule has 1 amide bonds. The highest BCUT2D eigenvalue weighted by Gasteiger charge is 2.17. The lowest BCUT2D eigenvalue weighted by Crippen LogP contribution is -2.26. The number of nitrogens with one attached hydrogen (secondary N) is 1. The van der Waals surface area contributed by atoms with Gasteiger partial charge in [0.05, 0.1) is 5.56 Å². The van der Waals surface area contributed by atoms with Gasteiger partial charge in [-0.3, -0.25) is 4.79 Å². The maximum absolute atomic E-state index is 11.5. The summed E-state index contributed by atoms with van der Waals surface area (Å²) in [5.41, 5.74) is 9.01. The molecule has 2 aromatic carbocycles. The molecule has 1 fully saturated rings. The normalized spacial score (nSPS) is 17.9. The number of nitrogens with zero attached hydrogens (tertiary/aromatic N) is 1. The van der Waals surface area contributed by atoms with E-state index in [1.165, 1.54) is 24.8 Å². The molecular formula is C19H19N3O2. The van der Waals surface area contributed by atoms with E-state index in [1.807, 2.05) is 18.2 Å². The third-order valence-corrected chi connectivity index (χ3v) is 4.55. The van der Waals surface area contributed by atoms with Crippen molar-refractivity contribution in [3.05, 3.63) is 53.6 Å². The molecule has 3 aromatic rings. The Hall–Kier alpha value is -2.66. The number of carbonyl (C=O) groups excluding carboxylic acids is 1. The van der Waals surface area contributed by atoms with Crippen LogP contribution in [0.15, 0.2) is 46.9 Å². The first kappa shape index (κ1) is 14.9. The van der Waals surface area contributed by atoms with Crippen molar-refractivity contribution in [1.29, 1.82) is 0 Å². The van der Waals surface area contributed by atoms with Gasteiger partial charge in [-0.25, -0.2) is 4.98 Å². The van der Waals surface area contributed by atoms with E-state index in [4.69, 9.17) is 10.2 Å². The number of nitrogens with two attached hydrogens (primary N) is 1. The van der Waals surface area contributed by atoms with Gasteiger partial charge in [-0.2, -0.15) is 0 Å². The summed E-state index contributed by atoms with van der Waals surface area (Å²) in [6.07, 6.45) is 3.68. The van der Waals surface area contributed by atoms with Crippen molar-refractivity contribution in [3.63, 3.8) is 0 Å². The fraction of sp³-hybridized carbons (Fsp3) is 0.263. The Kier molecular flexibility index (Phi) is 3.78. The second-order valence-electron chi connectivity index (χ2n) is 6.16. The highest BCUT2D eigenvalue weighted by atomic mass is 16.3. The molecule has 5 nitrogen and oxygen atoms in total. The van der Waals surface area contributed by atoms with E-state index >= 15 is 0 Å². The van der Waals surface area contributed by atoms with Gasteiger partial charge >= 0.3 is 0 Å². The third kappa shape index (κ3) is 2.67. The van der Waals surface area contributed by atoms with Crippen LogP contribution in [0.4, 0.5) is 0 Å². The Balaban J connectivity index is 1.67. The Bertz CT molecular complexity index is 877. The number of carbonyl (C=O) groups is 1. The smallest absolute Gasteiger partial charge is 0.252 e. The lowest BCUT2D eigenvalue weighted by atomic mass is 9.97. The van der Waals surface area contributed by atoms with E-state index in [-0.39, 0.29) is 0 Å². The van der Waals surface area contributed by atoms with Crippen LogP contribution in [0.2, 0.25) is 0 Å². The van der Waals surface area contributed by atoms with Gasteiger partial charge in [-0.05, 0) is 49.2 Å². The molecule has 0 aliphatic carbocycles. The number of piperidine rings is 1. The monoisotopic (exact) mass is 321 g/mol. The van der Waals surface area contributed by atoms with Crippen LogP contribution < -0.4 is 11.1 Å². The Morgan fingerprint density at radius 3 is 2.71 bits per heavy atom. The Morgan fingerprint density at radius 2 is 2.00 bits per heavy atom. The number of aromatic nitrogens is 1. The largest absolute Gasteiger partial charge is 0.435 e. The van der Waals surface area contributed by atoms with Crippen molar-refractivity contribution >= 4 is 17.0 Å². The Labute approximate surface area is 139 Å². The van der Waals surface area contributed by atoms with Gasteiger partial charge in [-0.15, -0.1) is 0 Å². The van der Waals surface area contributed by atoms with Gasteiger partial charge in [-0.1, -0.05) is 24.6 Å². The summed E-state index contributed by atoms with van der Waals surface area (Å²) in [4.78, 5) is 16.0. The first-order valence-corrected chi connectivity index (χ1v) is 8.25. The first-order valence-electron chi connectivity index (χ1n) is 8.25. The predicted molar refractivity (Wildman–Crippen MR) is 92.6 cm³/mol. The summed E-state index contributed by atoms with van der Waals surface area (Å²) >= 11 is 0. The zero-order valence-electron chi connectivity index (χ0n) is 13.3. The summed E-state index contributed by atoms with van der Waals surface area (Å²) < 4.78 is 5.80. The average molecular weight is 321 g/mol. The molecule has 1 aliphatic rings. The first-order chi connectivity index (χ1) is 11.7. The minimum Gasteiger partial charge on any atom is -0.435 e. The maximum Gasteiger partial charge on any atom is 0.252 e. The number of amides is 1. The zero-order chi connectivity index (χ0) is 16.5. The molecule has 0 spiro atoms. The number of oxazole rings is 1. The molecule has 24 heavy (non-hydrogen) atoms. The fourth-order valence-corrected chi connectivity index (χ4v) is 3.26. The molecule has 0 bridgehead atoms. The van der Waals surface area contributed by atoms with Crippen LogP contribution in [0.3, 0.4) is 0 Å². The Morgan fingerprint density at radius 1 is 1.17 bits per heavy atom. The highest BCUT2D eigenvalue weighted by molar-refractivity contribution is 6.03. The van der Waals surface area contributed by atoms with Gasteiger partial charge < -0.3 is 15.5 Å². The number of rotatable bonds is 3. The van der Waals surface area contributed by atoms with E-state index < -0.39 is 5.91 Å². The minimum absolute atomic E-state index is 0.356. The number of benzene rings is 2. The van der Waals surface area contributed by atoms with Crippen molar-refractivity contribution in [2.75, 3.05) is 6.54 Å². The predicted octanol–water partition coefficient (Wildman–Crippen LogP) is 3.41. The van der Waals surface area contributed by atoms with Crippen LogP contribution in [-0.4, -0.2) is 17.4 Å². The third-order valence-electron chi connectivity index (χ3n) is 4.55. The van der Waals surface area contributed by atoms with Crippen molar-refractivity contribution < 1.29 is 9.21 Å². The molecule has 1 atom stereocenters. The number of hydrogen-bond donors (Lipinski definition) is 2. The van der Waals surface area contributed by atoms with Crippen molar-refractivity contribution in [2.24, 2.45) is 5.73 Å². The lowest BCUT2D eigenvalue weighted by molar-refractivity contribution is 0.100. The van der Waals surface area contributed by atoms with E-state index in [2.05, 4.69) is 22.4 Å². The summed E-state index contributed by atoms with van der Waals surface area (Å²) in [7, 11) is 0. The van der Waals surface area contributed by atoms with Crippen molar-refractivity contribution in [3.8, 4) is 11.5 Å². The molecule has 1 aromatic heterocycles. The molecule has 1 unspecified atom stereocenters. The van der Waals surface area contributed by atoms with Gasteiger partial charge in [0.15, 0.2) is 5.58 Å². The number of primary amides is 1. The van der Waals surface area contributed by atoms with Crippen LogP contribution in [0.25, 0.3) is 22.6 Å². The van der Waals surface area contributed by atoms with Crippen LogP contribution >= 0.6 is 0 Å². The molecule has 1 saturated heterocycles. The lowest BCUT2D eigenvalue weighted by Gasteiger charge is -2.23. The number of fused-ring (bicyclic) bond motifs is 1. The summed E-state index contributed by atoms with van der Waals surface area (Å²) in [5, 5.41) is 3.55. The fourth-order valence-electron chi connectivity index (χ4n) is 3.26. The molecule has 0 radical (unpaired) electrons. The van der Waals surface area contributed by atoms with Gasteiger partial charge in [0.1, 0.15) is 5.52 Å². The maximum atomic E-state index is 11.5. The van der Waals surface area contributed by atoms with Gasteiger partial charge in [0, 0.05) is 11.6 Å². The van der Waals surface area contributed by atoms with Crippen LogP contribution in [0, 0.1) is 0 Å². The number of hydrogen-bond acceptors (Lipinski definition) is 4. The molecular weight excluding hydrogens is 302 g/mol. The molecule has 2 heterocycles. The standard InChI is InChI=1S/C19H19N3O2/c20-18(23)14-4-3-6-16-17(14)24-19(22-16)13-9-7-12(8-10-13)15-5-1-2-11-21-15/h3-4,6-10,15,21H,1-2,5,11H2,(H2,20,23). The van der Waals surface area contributed by atoms with Crippen LogP contribution in [-0.2, 0) is 0 Å². The molecule has 0 saturated carbocycles. The molecule has 4 rings (SSSR count). The minimum atomic E-state index is -0.512. The average Bonchev–Trinajstić information content (AvgIpc) is 3.06. The van der Waals surface area contributed by atoms with E-state index in [0.717, 1.165) is 12.1 Å². The summed E-state index contributed by atoms with van der Waals surface area (Å²) in [5.74, 6) is -0.0103. The van der Waals surface area contributed by atoms with Crippen LogP contribution in [0.5, 0.6) is 0 Å². The summed E-state index contributed by atoms with van der Waals surface area (Å²) in [6, 6.07) is 13.9. The van der Waals surface area contributed by atoms with E-state index in [1.54, 1.807) is 12.1 Å². The van der Waals surface area contributed by atoms with Crippen molar-refractivity contribution in [2.45, 2.75) is 25.3 Å². The summed E-state index contributed by atoms with van der Waals surface area (Å²) in [6.45, 7) is 1.08. The van der Waals surface area contributed by atoms with Crippen molar-refractivity contribution in [1.82, 2.24) is 10.3 Å². The SMILES string of the molecule is NC(=O)c1cccc2nc(-c3ccc(C4CCCCN4)cc3)oc12. The molecule has 3 N–H and O–H groups in total. The molecule has 1 aliphatic heterocycles. The topological polar surface area (TPSA) is 81.2 Å². The van der Waals surface area contributed by atoms with E-state index in [9.17, 15) is 4.79 Å².